The average molecular weight is 593 g/mol. The third-order valence-corrected chi connectivity index (χ3v) is 8.59. The van der Waals surface area contributed by atoms with Crippen molar-refractivity contribution in [3.8, 4) is 11.8 Å². The highest BCUT2D eigenvalue weighted by atomic mass is 31.3. The molecule has 3 rings (SSSR count). The van der Waals surface area contributed by atoms with Crippen LogP contribution in [0.1, 0.15) is 13.2 Å². The standard InChI is InChI=1S/C14H19FN5O14P3/c1-6(32-36(27,28)34-37(29,30)33-35(24,25)26)8-9(21)14(23,3-2-4-15)12(31-8)20-5-17-7-10(20)18-13(16)19-11(7)22/h5-6,8-9,12,21,23H,4H2,1H3,(H,27,28)(H,29,30)(H2,24,25,26)(H3,16,18,19,22)/t6-,8-,9+,12-,14?/m1/s1. The fourth-order valence-corrected chi connectivity index (χ4v) is 6.56. The molecule has 23 heteroatoms. The van der Waals surface area contributed by atoms with Crippen LogP contribution in [0.15, 0.2) is 11.1 Å². The highest BCUT2D eigenvalue weighted by Gasteiger charge is 2.58. The first kappa shape index (κ1) is 29.5. The molecule has 1 fully saturated rings. The van der Waals surface area contributed by atoms with Crippen LogP contribution in [-0.2, 0) is 31.6 Å². The quantitative estimate of drug-likeness (QED) is 0.126. The molecule has 0 radical (unpaired) electrons. The Hall–Kier alpha value is -2.07. The summed E-state index contributed by atoms with van der Waals surface area (Å²) in [7, 11) is -17.2. The summed E-state index contributed by atoms with van der Waals surface area (Å²) in [5.74, 6) is 3.59. The molecule has 1 aliphatic rings. The molecule has 3 unspecified atom stereocenters. The van der Waals surface area contributed by atoms with Crippen LogP contribution < -0.4 is 11.3 Å². The molecule has 0 aliphatic carbocycles. The monoisotopic (exact) mass is 593 g/mol. The predicted molar refractivity (Wildman–Crippen MR) is 116 cm³/mol. The van der Waals surface area contributed by atoms with E-state index in [0.717, 1.165) is 17.8 Å². The maximum absolute atomic E-state index is 12.8. The number of aromatic amines is 1. The molecule has 0 bridgehead atoms. The SMILES string of the molecule is C[C@@H](OP(=O)(O)OP(=O)(O)OP(=O)(O)O)[C@H]1O[C@@H](n2cnc3c(=O)[nH]c(N)nc32)C(O)(C#CCF)[C@H]1O. The van der Waals surface area contributed by atoms with Crippen molar-refractivity contribution in [3.63, 3.8) is 0 Å². The van der Waals surface area contributed by atoms with Gasteiger partial charge >= 0.3 is 23.5 Å². The molecular formula is C14H19FN5O14P3. The number of hydrogen-bond acceptors (Lipinski definition) is 13. The number of hydrogen-bond donors (Lipinski definition) is 8. The zero-order valence-electron chi connectivity index (χ0n) is 18.2. The van der Waals surface area contributed by atoms with Crippen LogP contribution in [0.5, 0.6) is 0 Å². The fraction of sp³-hybridized carbons (Fsp3) is 0.500. The van der Waals surface area contributed by atoms with E-state index >= 15 is 0 Å². The van der Waals surface area contributed by atoms with E-state index in [9.17, 15) is 42.9 Å². The zero-order chi connectivity index (χ0) is 28.0. The molecule has 206 valence electrons. The van der Waals surface area contributed by atoms with Crippen molar-refractivity contribution in [1.82, 2.24) is 19.5 Å². The van der Waals surface area contributed by atoms with Crippen molar-refractivity contribution in [2.75, 3.05) is 12.4 Å². The number of aromatic nitrogens is 4. The third-order valence-electron chi connectivity index (χ3n) is 4.66. The van der Waals surface area contributed by atoms with Gasteiger partial charge < -0.3 is 40.3 Å². The minimum absolute atomic E-state index is 0.264. The van der Waals surface area contributed by atoms with E-state index in [-0.39, 0.29) is 17.1 Å². The first-order valence-electron chi connectivity index (χ1n) is 9.55. The summed E-state index contributed by atoms with van der Waals surface area (Å²) >= 11 is 0. The average Bonchev–Trinajstić information content (AvgIpc) is 3.23. The Morgan fingerprint density at radius 2 is 1.95 bits per heavy atom. The molecule has 1 aliphatic heterocycles. The number of H-pyrrole nitrogens is 1. The number of nitrogen functional groups attached to an aromatic ring is 1. The van der Waals surface area contributed by atoms with Gasteiger partial charge in [-0.25, -0.2) is 23.1 Å². The van der Waals surface area contributed by atoms with Gasteiger partial charge in [-0.15, -0.1) is 0 Å². The highest BCUT2D eigenvalue weighted by Crippen LogP contribution is 2.66. The summed E-state index contributed by atoms with van der Waals surface area (Å²) in [5.41, 5.74) is 1.52. The number of rotatable bonds is 8. The van der Waals surface area contributed by atoms with Crippen molar-refractivity contribution >= 4 is 40.6 Å². The maximum Gasteiger partial charge on any atom is 0.490 e. The second-order valence-electron chi connectivity index (χ2n) is 7.34. The zero-order valence-corrected chi connectivity index (χ0v) is 20.9. The minimum atomic E-state index is -5.85. The topological polar surface area (TPSA) is 299 Å². The van der Waals surface area contributed by atoms with Crippen molar-refractivity contribution in [2.24, 2.45) is 0 Å². The molecule has 0 spiro atoms. The third kappa shape index (κ3) is 6.50. The summed E-state index contributed by atoms with van der Waals surface area (Å²) in [6.07, 6.45) is -6.62. The Morgan fingerprint density at radius 1 is 1.30 bits per heavy atom. The van der Waals surface area contributed by atoms with Crippen LogP contribution in [-0.4, -0.2) is 79.9 Å². The molecule has 2 aromatic heterocycles. The summed E-state index contributed by atoms with van der Waals surface area (Å²) in [5, 5.41) is 21.9. The molecule has 19 nitrogen and oxygen atoms in total. The number of ether oxygens (including phenoxy) is 1. The number of fused-ring (bicyclic) bond motifs is 1. The van der Waals surface area contributed by atoms with E-state index in [4.69, 9.17) is 20.3 Å². The smallest absolute Gasteiger partial charge is 0.386 e. The second-order valence-corrected chi connectivity index (χ2v) is 11.7. The molecule has 7 atom stereocenters. The minimum Gasteiger partial charge on any atom is -0.386 e. The second kappa shape index (κ2) is 10.2. The van der Waals surface area contributed by atoms with Crippen LogP contribution in [0.25, 0.3) is 11.2 Å². The van der Waals surface area contributed by atoms with Gasteiger partial charge in [0.15, 0.2) is 23.0 Å². The molecule has 0 saturated carbocycles. The van der Waals surface area contributed by atoms with Crippen LogP contribution in [0.3, 0.4) is 0 Å². The lowest BCUT2D eigenvalue weighted by molar-refractivity contribution is -0.0832. The van der Waals surface area contributed by atoms with Gasteiger partial charge in [0.2, 0.25) is 5.95 Å². The van der Waals surface area contributed by atoms with Crippen LogP contribution in [0, 0.1) is 11.8 Å². The van der Waals surface area contributed by atoms with E-state index in [1.165, 1.54) is 0 Å². The molecule has 2 aromatic rings. The van der Waals surface area contributed by atoms with Crippen LogP contribution in [0.4, 0.5) is 10.3 Å². The van der Waals surface area contributed by atoms with Crippen molar-refractivity contribution in [1.29, 1.82) is 0 Å². The largest absolute Gasteiger partial charge is 0.490 e. The Morgan fingerprint density at radius 3 is 2.54 bits per heavy atom. The Bertz CT molecular complexity index is 1450. The highest BCUT2D eigenvalue weighted by molar-refractivity contribution is 7.66. The molecule has 9 N–H and O–H groups in total. The number of alkyl halides is 1. The number of anilines is 1. The number of aliphatic hydroxyl groups is 2. The van der Waals surface area contributed by atoms with Gasteiger partial charge in [-0.1, -0.05) is 11.8 Å². The predicted octanol–water partition coefficient (Wildman–Crippen LogP) is -1.60. The molecule has 0 aromatic carbocycles. The summed E-state index contributed by atoms with van der Waals surface area (Å²) < 4.78 is 65.6. The van der Waals surface area contributed by atoms with Gasteiger partial charge in [0.1, 0.15) is 18.9 Å². The fourth-order valence-electron chi connectivity index (χ4n) is 3.36. The number of aliphatic hydroxyl groups excluding tert-OH is 1. The number of nitrogens with zero attached hydrogens (tertiary/aromatic N) is 3. The van der Waals surface area contributed by atoms with Crippen LogP contribution in [0.2, 0.25) is 0 Å². The first-order chi connectivity index (χ1) is 16.9. The maximum atomic E-state index is 12.8. The summed E-state index contributed by atoms with van der Waals surface area (Å²) in [6.45, 7) is -0.316. The number of imidazole rings is 1. The number of nitrogens with two attached hydrogens (primary N) is 1. The number of phosphoric acid groups is 3. The van der Waals surface area contributed by atoms with Gasteiger partial charge in [0.25, 0.3) is 5.56 Å². The molecule has 0 amide bonds. The van der Waals surface area contributed by atoms with E-state index < -0.39 is 65.8 Å². The van der Waals surface area contributed by atoms with Gasteiger partial charge in [-0.05, 0) is 6.92 Å². The Labute approximate surface area is 204 Å². The van der Waals surface area contributed by atoms with Crippen molar-refractivity contribution < 1.29 is 65.8 Å². The first-order valence-corrected chi connectivity index (χ1v) is 14.1. The number of phosphoric ester groups is 1. The van der Waals surface area contributed by atoms with E-state index in [1.807, 2.05) is 5.92 Å². The number of halogens is 1. The van der Waals surface area contributed by atoms with Gasteiger partial charge in [0.05, 0.1) is 12.4 Å². The molecule has 37 heavy (non-hydrogen) atoms. The Kier molecular flexibility index (Phi) is 8.16. The van der Waals surface area contributed by atoms with Crippen LogP contribution >= 0.6 is 23.5 Å². The Balaban J connectivity index is 1.95. The van der Waals surface area contributed by atoms with E-state index in [1.54, 1.807) is 0 Å². The van der Waals surface area contributed by atoms with Gasteiger partial charge in [-0.3, -0.25) is 18.9 Å². The van der Waals surface area contributed by atoms with Gasteiger partial charge in [0, 0.05) is 0 Å². The van der Waals surface area contributed by atoms with E-state index in [2.05, 4.69) is 34.0 Å². The lowest BCUT2D eigenvalue weighted by atomic mass is 9.92. The lowest BCUT2D eigenvalue weighted by Crippen LogP contribution is -2.47. The molecule has 1 saturated heterocycles. The lowest BCUT2D eigenvalue weighted by Gasteiger charge is -2.27. The summed E-state index contributed by atoms with van der Waals surface area (Å²) in [4.78, 5) is 58.2. The number of nitrogens with one attached hydrogen (secondary N) is 1. The molecular weight excluding hydrogens is 574 g/mol. The summed E-state index contributed by atoms with van der Waals surface area (Å²) in [6, 6.07) is 0. The normalized spacial score (nSPS) is 28.3. The van der Waals surface area contributed by atoms with Crippen molar-refractivity contribution in [2.45, 2.75) is 37.1 Å². The van der Waals surface area contributed by atoms with Crippen molar-refractivity contribution in [3.05, 3.63) is 16.7 Å². The molecule has 3 heterocycles. The van der Waals surface area contributed by atoms with Gasteiger partial charge in [-0.2, -0.15) is 13.6 Å². The van der Waals surface area contributed by atoms with E-state index in [0.29, 0.717) is 0 Å².